The number of carbonyl (C=O) groups excluding carboxylic acids is 2. The number of para-hydroxylation sites is 1. The highest BCUT2D eigenvalue weighted by Crippen LogP contribution is 2.25. The summed E-state index contributed by atoms with van der Waals surface area (Å²) in [5.74, 6) is 0.673. The van der Waals surface area contributed by atoms with Crippen molar-refractivity contribution in [2.24, 2.45) is 0 Å². The highest BCUT2D eigenvalue weighted by atomic mass is 35.5. The minimum Gasteiger partial charge on any atom is -0.493 e. The van der Waals surface area contributed by atoms with Crippen molar-refractivity contribution in [2.45, 2.75) is 25.8 Å². The van der Waals surface area contributed by atoms with Gasteiger partial charge in [-0.15, -0.1) is 0 Å². The lowest BCUT2D eigenvalue weighted by molar-refractivity contribution is -0.124. The zero-order chi connectivity index (χ0) is 21.5. The van der Waals surface area contributed by atoms with Crippen LogP contribution in [0.25, 0.3) is 0 Å². The van der Waals surface area contributed by atoms with Crippen LogP contribution in [0, 0.1) is 0 Å². The Morgan fingerprint density at radius 1 is 1.27 bits per heavy atom. The molecule has 0 aliphatic carbocycles. The molecule has 1 aromatic heterocycles. The molecule has 2 N–H and O–H groups in total. The largest absolute Gasteiger partial charge is 0.493 e. The molecule has 2 amide bonds. The Labute approximate surface area is 185 Å². The normalized spacial score (nSPS) is 15.7. The van der Waals surface area contributed by atoms with Crippen molar-refractivity contribution in [2.75, 3.05) is 31.6 Å². The van der Waals surface area contributed by atoms with Gasteiger partial charge < -0.3 is 20.3 Å². The smallest absolute Gasteiger partial charge is 0.258 e. The van der Waals surface area contributed by atoms with Crippen molar-refractivity contribution < 1.29 is 14.3 Å². The van der Waals surface area contributed by atoms with E-state index in [9.17, 15) is 9.59 Å². The maximum Gasteiger partial charge on any atom is 0.258 e. The molecule has 0 radical (unpaired) electrons. The second-order valence-electron chi connectivity index (χ2n) is 6.79. The van der Waals surface area contributed by atoms with E-state index in [0.29, 0.717) is 59.8 Å². The quantitative estimate of drug-likeness (QED) is 0.599. The van der Waals surface area contributed by atoms with Gasteiger partial charge in [-0.25, -0.2) is 4.98 Å². The lowest BCUT2D eigenvalue weighted by Gasteiger charge is -2.25. The average molecular weight is 451 g/mol. The van der Waals surface area contributed by atoms with Crippen LogP contribution >= 0.6 is 23.2 Å². The SMILES string of the molecule is CCOc1ccccc1C(=O)N1CCCC1C(=O)NCCNc1ncc(Cl)cc1Cl. The molecule has 3 rings (SSSR count). The molecular weight excluding hydrogens is 427 g/mol. The third-order valence-corrected chi connectivity index (χ3v) is 5.25. The van der Waals surface area contributed by atoms with Gasteiger partial charge in [0.25, 0.3) is 5.91 Å². The summed E-state index contributed by atoms with van der Waals surface area (Å²) in [6.45, 7) is 3.68. The van der Waals surface area contributed by atoms with Crippen LogP contribution in [-0.4, -0.2) is 54.0 Å². The average Bonchev–Trinajstić information content (AvgIpc) is 3.22. The first-order valence-corrected chi connectivity index (χ1v) is 10.6. The monoisotopic (exact) mass is 450 g/mol. The molecule has 7 nitrogen and oxygen atoms in total. The van der Waals surface area contributed by atoms with E-state index in [1.54, 1.807) is 29.2 Å². The summed E-state index contributed by atoms with van der Waals surface area (Å²) in [6, 6.07) is 8.22. The standard InChI is InChI=1S/C21H24Cl2N4O3/c1-2-30-18-8-4-3-6-15(18)21(29)27-11-5-7-17(27)20(28)25-10-9-24-19-16(23)12-14(22)13-26-19/h3-4,6,8,12-13,17H,2,5,7,9-11H2,1H3,(H,24,26)(H,25,28). The van der Waals surface area contributed by atoms with Crippen molar-refractivity contribution in [3.8, 4) is 5.75 Å². The molecule has 1 aromatic carbocycles. The Bertz CT molecular complexity index is 910. The van der Waals surface area contributed by atoms with Crippen LogP contribution in [0.4, 0.5) is 5.82 Å². The van der Waals surface area contributed by atoms with E-state index >= 15 is 0 Å². The maximum atomic E-state index is 13.1. The van der Waals surface area contributed by atoms with E-state index in [2.05, 4.69) is 15.6 Å². The summed E-state index contributed by atoms with van der Waals surface area (Å²) in [5, 5.41) is 6.80. The number of rotatable bonds is 8. The van der Waals surface area contributed by atoms with Gasteiger partial charge in [0.15, 0.2) is 0 Å². The molecule has 1 saturated heterocycles. The molecule has 1 fully saturated rings. The molecule has 30 heavy (non-hydrogen) atoms. The zero-order valence-corrected chi connectivity index (χ0v) is 18.2. The van der Waals surface area contributed by atoms with Gasteiger partial charge in [-0.05, 0) is 38.0 Å². The predicted octanol–water partition coefficient (Wildman–Crippen LogP) is 3.62. The van der Waals surface area contributed by atoms with Crippen LogP contribution < -0.4 is 15.4 Å². The Kier molecular flexibility index (Phi) is 7.76. The van der Waals surface area contributed by atoms with Gasteiger partial charge in [0, 0.05) is 25.8 Å². The number of nitrogens with zero attached hydrogens (tertiary/aromatic N) is 2. The minimum absolute atomic E-state index is 0.174. The molecule has 1 aliphatic heterocycles. The predicted molar refractivity (Wildman–Crippen MR) is 117 cm³/mol. The summed E-state index contributed by atoms with van der Waals surface area (Å²) < 4.78 is 5.57. The molecule has 0 saturated carbocycles. The third kappa shape index (κ3) is 5.34. The fourth-order valence-corrected chi connectivity index (χ4v) is 3.84. The lowest BCUT2D eigenvalue weighted by atomic mass is 10.1. The second-order valence-corrected chi connectivity index (χ2v) is 7.63. The number of anilines is 1. The number of aromatic nitrogens is 1. The molecule has 1 unspecified atom stereocenters. The molecule has 1 aliphatic rings. The van der Waals surface area contributed by atoms with Crippen LogP contribution in [0.15, 0.2) is 36.5 Å². The fourth-order valence-electron chi connectivity index (χ4n) is 3.39. The van der Waals surface area contributed by atoms with Gasteiger partial charge >= 0.3 is 0 Å². The van der Waals surface area contributed by atoms with Gasteiger partial charge in [-0.3, -0.25) is 9.59 Å². The number of amides is 2. The number of likely N-dealkylation sites (tertiary alicyclic amines) is 1. The van der Waals surface area contributed by atoms with Gasteiger partial charge in [0.1, 0.15) is 17.6 Å². The molecule has 2 aromatic rings. The van der Waals surface area contributed by atoms with E-state index in [4.69, 9.17) is 27.9 Å². The first-order chi connectivity index (χ1) is 14.5. The summed E-state index contributed by atoms with van der Waals surface area (Å²) >= 11 is 11.9. The summed E-state index contributed by atoms with van der Waals surface area (Å²) in [7, 11) is 0. The van der Waals surface area contributed by atoms with Gasteiger partial charge in [0.05, 0.1) is 22.2 Å². The topological polar surface area (TPSA) is 83.6 Å². The zero-order valence-electron chi connectivity index (χ0n) is 16.7. The van der Waals surface area contributed by atoms with Crippen molar-refractivity contribution >= 4 is 40.8 Å². The Morgan fingerprint density at radius 2 is 2.07 bits per heavy atom. The summed E-state index contributed by atoms with van der Waals surface area (Å²) in [5.41, 5.74) is 0.476. The van der Waals surface area contributed by atoms with E-state index in [0.717, 1.165) is 6.42 Å². The second kappa shape index (κ2) is 10.5. The van der Waals surface area contributed by atoms with E-state index in [1.165, 1.54) is 6.20 Å². The van der Waals surface area contributed by atoms with Crippen LogP contribution in [0.3, 0.4) is 0 Å². The number of hydrogen-bond acceptors (Lipinski definition) is 5. The molecular formula is C21H24Cl2N4O3. The Hall–Kier alpha value is -2.51. The van der Waals surface area contributed by atoms with Gasteiger partial charge in [-0.1, -0.05) is 35.3 Å². The number of nitrogens with one attached hydrogen (secondary N) is 2. The third-order valence-electron chi connectivity index (χ3n) is 4.76. The highest BCUT2D eigenvalue weighted by Gasteiger charge is 2.35. The number of carbonyl (C=O) groups is 2. The Morgan fingerprint density at radius 3 is 2.83 bits per heavy atom. The van der Waals surface area contributed by atoms with Gasteiger partial charge in [-0.2, -0.15) is 0 Å². The first kappa shape index (κ1) is 22.2. The number of ether oxygens (including phenoxy) is 1. The fraction of sp³-hybridized carbons (Fsp3) is 0.381. The lowest BCUT2D eigenvalue weighted by Crippen LogP contribution is -2.46. The molecule has 2 heterocycles. The van der Waals surface area contributed by atoms with Crippen molar-refractivity contribution in [3.63, 3.8) is 0 Å². The molecule has 9 heteroatoms. The first-order valence-electron chi connectivity index (χ1n) is 9.86. The van der Waals surface area contributed by atoms with Crippen LogP contribution in [0.1, 0.15) is 30.1 Å². The molecule has 0 bridgehead atoms. The minimum atomic E-state index is -0.496. The maximum absolute atomic E-state index is 13.1. The number of halogens is 2. The van der Waals surface area contributed by atoms with Crippen molar-refractivity contribution in [3.05, 3.63) is 52.1 Å². The number of hydrogen-bond donors (Lipinski definition) is 2. The van der Waals surface area contributed by atoms with Gasteiger partial charge in [0.2, 0.25) is 5.91 Å². The van der Waals surface area contributed by atoms with Crippen molar-refractivity contribution in [1.82, 2.24) is 15.2 Å². The Balaban J connectivity index is 1.56. The molecule has 0 spiro atoms. The van der Waals surface area contributed by atoms with Crippen LogP contribution in [0.5, 0.6) is 5.75 Å². The van der Waals surface area contributed by atoms with E-state index in [-0.39, 0.29) is 11.8 Å². The van der Waals surface area contributed by atoms with E-state index in [1.807, 2.05) is 13.0 Å². The summed E-state index contributed by atoms with van der Waals surface area (Å²) in [4.78, 5) is 31.5. The molecule has 1 atom stereocenters. The highest BCUT2D eigenvalue weighted by molar-refractivity contribution is 6.35. The summed E-state index contributed by atoms with van der Waals surface area (Å²) in [6.07, 6.45) is 2.91. The van der Waals surface area contributed by atoms with Crippen LogP contribution in [-0.2, 0) is 4.79 Å². The van der Waals surface area contributed by atoms with Crippen molar-refractivity contribution in [1.29, 1.82) is 0 Å². The van der Waals surface area contributed by atoms with E-state index < -0.39 is 6.04 Å². The number of pyridine rings is 1. The number of benzene rings is 1. The van der Waals surface area contributed by atoms with Crippen LogP contribution in [0.2, 0.25) is 10.0 Å². The molecule has 160 valence electrons.